The highest BCUT2D eigenvalue weighted by atomic mass is 19.3. The summed E-state index contributed by atoms with van der Waals surface area (Å²) in [6.45, 7) is -0.858. The highest BCUT2D eigenvalue weighted by molar-refractivity contribution is 5.95. The van der Waals surface area contributed by atoms with E-state index in [1.165, 1.54) is 24.3 Å². The first-order valence-electron chi connectivity index (χ1n) is 8.65. The van der Waals surface area contributed by atoms with E-state index in [0.29, 0.717) is 12.1 Å². The van der Waals surface area contributed by atoms with Crippen molar-refractivity contribution in [2.45, 2.75) is 38.5 Å². The van der Waals surface area contributed by atoms with Gasteiger partial charge in [0, 0.05) is 11.3 Å². The molecule has 0 saturated carbocycles. The van der Waals surface area contributed by atoms with E-state index in [1.807, 2.05) is 19.1 Å². The molecule has 2 aromatic rings. The minimum absolute atomic E-state index is 0.0232. The van der Waals surface area contributed by atoms with E-state index in [2.05, 4.69) is 20.9 Å². The zero-order valence-electron chi connectivity index (χ0n) is 14.7. The molecule has 0 bridgehead atoms. The molecule has 1 aliphatic heterocycles. The maximum absolute atomic E-state index is 12.4. The summed E-state index contributed by atoms with van der Waals surface area (Å²) < 4.78 is 28.6. The Morgan fingerprint density at radius 2 is 2.00 bits per heavy atom. The van der Waals surface area contributed by atoms with Crippen LogP contribution in [0, 0.1) is 0 Å². The molecule has 6 nitrogen and oxygen atoms in total. The zero-order valence-corrected chi connectivity index (χ0v) is 14.7. The maximum atomic E-state index is 12.4. The number of aromatic hydroxyl groups is 1. The number of carbonyl (C=O) groups excluding carboxylic acids is 1. The van der Waals surface area contributed by atoms with Crippen molar-refractivity contribution in [2.75, 3.05) is 5.32 Å². The number of halogens is 2. The van der Waals surface area contributed by atoms with Gasteiger partial charge in [-0.2, -0.15) is 8.78 Å². The molecule has 0 aliphatic carbocycles. The average Bonchev–Trinajstić information content (AvgIpc) is 3.13. The van der Waals surface area contributed by atoms with Crippen LogP contribution in [0.15, 0.2) is 42.5 Å². The SMILES string of the molecule is CCc1ccc(O)c(C2CC(C(=O)Nc3ccc(OC(F)F)cc3)NN2)c1. The summed E-state index contributed by atoms with van der Waals surface area (Å²) >= 11 is 0. The smallest absolute Gasteiger partial charge is 0.387 e. The van der Waals surface area contributed by atoms with Crippen LogP contribution < -0.4 is 20.9 Å². The number of amides is 1. The molecule has 27 heavy (non-hydrogen) atoms. The quantitative estimate of drug-likeness (QED) is 0.622. The van der Waals surface area contributed by atoms with E-state index in [4.69, 9.17) is 0 Å². The van der Waals surface area contributed by atoms with Crippen LogP contribution in [0.3, 0.4) is 0 Å². The van der Waals surface area contributed by atoms with Gasteiger partial charge in [-0.3, -0.25) is 4.79 Å². The van der Waals surface area contributed by atoms with Crippen LogP contribution in [0.1, 0.15) is 30.5 Å². The second kappa shape index (κ2) is 8.32. The van der Waals surface area contributed by atoms with Crippen LogP contribution >= 0.6 is 0 Å². The fourth-order valence-electron chi connectivity index (χ4n) is 2.98. The Hall–Kier alpha value is -2.71. The first kappa shape index (κ1) is 19.1. The van der Waals surface area contributed by atoms with Crippen molar-refractivity contribution < 1.29 is 23.4 Å². The highest BCUT2D eigenvalue weighted by Crippen LogP contribution is 2.31. The molecule has 2 unspecified atom stereocenters. The number of hydrogen-bond acceptors (Lipinski definition) is 5. The van der Waals surface area contributed by atoms with E-state index in [1.54, 1.807) is 6.07 Å². The lowest BCUT2D eigenvalue weighted by atomic mass is 9.98. The molecule has 1 fully saturated rings. The Labute approximate surface area is 155 Å². The molecule has 0 radical (unpaired) electrons. The standard InChI is InChI=1S/C19H21F2N3O3/c1-2-11-3-8-17(25)14(9-11)15-10-16(24-23-15)18(26)22-12-4-6-13(7-5-12)27-19(20)21/h3-9,15-16,19,23-25H,2,10H2,1H3,(H,22,26). The molecule has 1 heterocycles. The van der Waals surface area contributed by atoms with Crippen LogP contribution in [-0.2, 0) is 11.2 Å². The number of phenolic OH excluding ortho intramolecular Hbond substituents is 1. The minimum atomic E-state index is -2.89. The lowest BCUT2D eigenvalue weighted by Gasteiger charge is -2.13. The molecule has 0 spiro atoms. The third-order valence-electron chi connectivity index (χ3n) is 4.44. The number of ether oxygens (including phenoxy) is 1. The van der Waals surface area contributed by atoms with Crippen molar-refractivity contribution in [1.29, 1.82) is 0 Å². The molecule has 0 aromatic heterocycles. The number of anilines is 1. The van der Waals surface area contributed by atoms with Crippen LogP contribution in [0.5, 0.6) is 11.5 Å². The number of hydrazine groups is 1. The van der Waals surface area contributed by atoms with Gasteiger partial charge in [-0.1, -0.05) is 19.1 Å². The summed E-state index contributed by atoms with van der Waals surface area (Å²) in [5, 5.41) is 12.8. The van der Waals surface area contributed by atoms with Crippen molar-refractivity contribution in [3.8, 4) is 11.5 Å². The van der Waals surface area contributed by atoms with Crippen LogP contribution in [0.25, 0.3) is 0 Å². The second-order valence-corrected chi connectivity index (χ2v) is 6.27. The Bertz CT molecular complexity index is 799. The fraction of sp³-hybridized carbons (Fsp3) is 0.316. The summed E-state index contributed by atoms with van der Waals surface area (Å²) in [6, 6.07) is 10.5. The summed E-state index contributed by atoms with van der Waals surface area (Å²) in [5.74, 6) is -0.0594. The molecule has 1 amide bonds. The van der Waals surface area contributed by atoms with E-state index in [-0.39, 0.29) is 23.4 Å². The number of carbonyl (C=O) groups is 1. The molecule has 8 heteroatoms. The summed E-state index contributed by atoms with van der Waals surface area (Å²) in [6.07, 6.45) is 1.31. The third-order valence-corrected chi connectivity index (χ3v) is 4.44. The van der Waals surface area contributed by atoms with E-state index in [9.17, 15) is 18.7 Å². The normalized spacial score (nSPS) is 19.3. The predicted octanol–water partition coefficient (Wildman–Crippen LogP) is 3.10. The van der Waals surface area contributed by atoms with Crippen molar-refractivity contribution >= 4 is 11.6 Å². The number of hydrogen-bond donors (Lipinski definition) is 4. The maximum Gasteiger partial charge on any atom is 0.387 e. The van der Waals surface area contributed by atoms with Gasteiger partial charge < -0.3 is 15.2 Å². The monoisotopic (exact) mass is 377 g/mol. The van der Waals surface area contributed by atoms with Crippen molar-refractivity contribution in [3.63, 3.8) is 0 Å². The van der Waals surface area contributed by atoms with Crippen molar-refractivity contribution in [2.24, 2.45) is 0 Å². The molecule has 2 atom stereocenters. The number of phenols is 1. The lowest BCUT2D eigenvalue weighted by Crippen LogP contribution is -2.39. The Morgan fingerprint density at radius 3 is 2.67 bits per heavy atom. The van der Waals surface area contributed by atoms with E-state index < -0.39 is 12.7 Å². The number of rotatable bonds is 6. The molecular weight excluding hydrogens is 356 g/mol. The third kappa shape index (κ3) is 4.72. The van der Waals surface area contributed by atoms with Gasteiger partial charge in [0.25, 0.3) is 0 Å². The number of nitrogens with one attached hydrogen (secondary N) is 3. The first-order valence-corrected chi connectivity index (χ1v) is 8.65. The number of aryl methyl sites for hydroxylation is 1. The van der Waals surface area contributed by atoms with Crippen LogP contribution in [0.4, 0.5) is 14.5 Å². The van der Waals surface area contributed by atoms with Gasteiger partial charge in [0.1, 0.15) is 17.5 Å². The zero-order chi connectivity index (χ0) is 19.4. The van der Waals surface area contributed by atoms with Gasteiger partial charge in [-0.25, -0.2) is 10.9 Å². The second-order valence-electron chi connectivity index (χ2n) is 6.27. The minimum Gasteiger partial charge on any atom is -0.508 e. The van der Waals surface area contributed by atoms with Gasteiger partial charge in [0.15, 0.2) is 0 Å². The Kier molecular flexibility index (Phi) is 5.88. The molecular formula is C19H21F2N3O3. The van der Waals surface area contributed by atoms with Gasteiger partial charge in [0.2, 0.25) is 5.91 Å². The van der Waals surface area contributed by atoms with Gasteiger partial charge in [-0.05, 0) is 48.7 Å². The molecule has 1 aliphatic rings. The molecule has 1 saturated heterocycles. The number of alkyl halides is 2. The van der Waals surface area contributed by atoms with E-state index >= 15 is 0 Å². The summed E-state index contributed by atoms with van der Waals surface area (Å²) in [7, 11) is 0. The predicted molar refractivity (Wildman–Crippen MR) is 96.6 cm³/mol. The lowest BCUT2D eigenvalue weighted by molar-refractivity contribution is -0.117. The topological polar surface area (TPSA) is 82.6 Å². The summed E-state index contributed by atoms with van der Waals surface area (Å²) in [4.78, 5) is 12.4. The molecule has 4 N–H and O–H groups in total. The van der Waals surface area contributed by atoms with Gasteiger partial charge >= 0.3 is 6.61 Å². The fourth-order valence-corrected chi connectivity index (χ4v) is 2.98. The summed E-state index contributed by atoms with van der Waals surface area (Å²) in [5.41, 5.74) is 8.29. The first-order chi connectivity index (χ1) is 13.0. The number of benzene rings is 2. The molecule has 3 rings (SSSR count). The van der Waals surface area contributed by atoms with Crippen molar-refractivity contribution in [1.82, 2.24) is 10.9 Å². The van der Waals surface area contributed by atoms with Gasteiger partial charge in [0.05, 0.1) is 6.04 Å². The highest BCUT2D eigenvalue weighted by Gasteiger charge is 2.31. The average molecular weight is 377 g/mol. The molecule has 144 valence electrons. The Morgan fingerprint density at radius 1 is 1.26 bits per heavy atom. The van der Waals surface area contributed by atoms with E-state index in [0.717, 1.165) is 17.5 Å². The Balaban J connectivity index is 1.61. The molecule has 2 aromatic carbocycles. The van der Waals surface area contributed by atoms with Gasteiger partial charge in [-0.15, -0.1) is 0 Å². The van der Waals surface area contributed by atoms with Crippen molar-refractivity contribution in [3.05, 3.63) is 53.6 Å². The van der Waals surface area contributed by atoms with Crippen LogP contribution in [0.2, 0.25) is 0 Å². The van der Waals surface area contributed by atoms with Crippen LogP contribution in [-0.4, -0.2) is 23.7 Å². The largest absolute Gasteiger partial charge is 0.508 e.